The van der Waals surface area contributed by atoms with E-state index in [0.717, 1.165) is 45.4 Å². The number of likely N-dealkylation sites (tertiary alicyclic amines) is 1. The monoisotopic (exact) mass is 267 g/mol. The molecule has 0 spiro atoms. The number of carbonyl (C=O) groups is 2. The third kappa shape index (κ3) is 4.20. The van der Waals surface area contributed by atoms with Crippen molar-refractivity contribution in [3.8, 4) is 0 Å². The van der Waals surface area contributed by atoms with Crippen molar-refractivity contribution in [1.82, 2.24) is 15.1 Å². The van der Waals surface area contributed by atoms with Gasteiger partial charge in [0, 0.05) is 26.6 Å². The van der Waals surface area contributed by atoms with Crippen molar-refractivity contribution in [3.05, 3.63) is 0 Å². The van der Waals surface area contributed by atoms with Crippen molar-refractivity contribution in [3.63, 3.8) is 0 Å². The minimum absolute atomic E-state index is 0.0934. The zero-order chi connectivity index (χ0) is 13.7. The zero-order valence-electron chi connectivity index (χ0n) is 11.9. The Morgan fingerprint density at radius 3 is 2.68 bits per heavy atom. The van der Waals surface area contributed by atoms with Crippen LogP contribution >= 0.6 is 0 Å². The summed E-state index contributed by atoms with van der Waals surface area (Å²) < 4.78 is 0. The topological polar surface area (TPSA) is 52.7 Å². The van der Waals surface area contributed by atoms with Crippen molar-refractivity contribution >= 4 is 11.8 Å². The van der Waals surface area contributed by atoms with Gasteiger partial charge in [0.05, 0.1) is 6.54 Å². The number of carbonyl (C=O) groups excluding carboxylic acids is 2. The zero-order valence-corrected chi connectivity index (χ0v) is 11.9. The fourth-order valence-corrected chi connectivity index (χ4v) is 2.84. The van der Waals surface area contributed by atoms with Gasteiger partial charge in [-0.05, 0) is 44.7 Å². The molecule has 2 saturated heterocycles. The van der Waals surface area contributed by atoms with Gasteiger partial charge in [-0.25, -0.2) is 0 Å². The lowest BCUT2D eigenvalue weighted by Crippen LogP contribution is -2.39. The molecule has 1 unspecified atom stereocenters. The van der Waals surface area contributed by atoms with E-state index in [2.05, 4.69) is 5.32 Å². The van der Waals surface area contributed by atoms with Gasteiger partial charge in [0.15, 0.2) is 0 Å². The van der Waals surface area contributed by atoms with Gasteiger partial charge in [0.1, 0.15) is 0 Å². The van der Waals surface area contributed by atoms with Crippen LogP contribution in [0.2, 0.25) is 0 Å². The van der Waals surface area contributed by atoms with Gasteiger partial charge in [-0.2, -0.15) is 0 Å². The van der Waals surface area contributed by atoms with Crippen LogP contribution in [0, 0.1) is 5.92 Å². The first kappa shape index (κ1) is 14.3. The lowest BCUT2D eigenvalue weighted by atomic mass is 10.0. The maximum atomic E-state index is 12.0. The molecule has 5 heteroatoms. The van der Waals surface area contributed by atoms with E-state index in [9.17, 15) is 9.59 Å². The second-order valence-corrected chi connectivity index (χ2v) is 5.74. The normalized spacial score (nSPS) is 22.8. The molecule has 1 atom stereocenters. The van der Waals surface area contributed by atoms with Crippen LogP contribution in [0.1, 0.15) is 32.1 Å². The second kappa shape index (κ2) is 6.89. The van der Waals surface area contributed by atoms with Crippen molar-refractivity contribution in [1.29, 1.82) is 0 Å². The van der Waals surface area contributed by atoms with Crippen molar-refractivity contribution in [2.75, 3.05) is 39.8 Å². The van der Waals surface area contributed by atoms with Gasteiger partial charge in [-0.3, -0.25) is 9.59 Å². The number of nitrogens with zero attached hydrogens (tertiary/aromatic N) is 2. The van der Waals surface area contributed by atoms with E-state index in [4.69, 9.17) is 0 Å². The average Bonchev–Trinajstić information content (AvgIpc) is 3.08. The summed E-state index contributed by atoms with van der Waals surface area (Å²) in [6.07, 6.45) is 4.87. The summed E-state index contributed by atoms with van der Waals surface area (Å²) in [5.41, 5.74) is 0. The second-order valence-electron chi connectivity index (χ2n) is 5.74. The van der Waals surface area contributed by atoms with E-state index in [0.29, 0.717) is 12.3 Å². The lowest BCUT2D eigenvalue weighted by molar-refractivity contribution is -0.138. The third-order valence-corrected chi connectivity index (χ3v) is 4.19. The molecule has 2 aliphatic rings. The third-order valence-electron chi connectivity index (χ3n) is 4.19. The maximum absolute atomic E-state index is 12.0. The van der Waals surface area contributed by atoms with Gasteiger partial charge in [-0.1, -0.05) is 0 Å². The summed E-state index contributed by atoms with van der Waals surface area (Å²) in [6.45, 7) is 4.05. The first-order chi connectivity index (χ1) is 9.16. The van der Waals surface area contributed by atoms with E-state index in [1.165, 1.54) is 6.42 Å². The van der Waals surface area contributed by atoms with Crippen molar-refractivity contribution in [2.45, 2.75) is 32.1 Å². The number of rotatable bonds is 5. The Morgan fingerprint density at radius 2 is 2.05 bits per heavy atom. The molecule has 0 saturated carbocycles. The molecule has 2 fully saturated rings. The van der Waals surface area contributed by atoms with E-state index in [1.807, 2.05) is 4.90 Å². The molecule has 108 valence electrons. The number of amides is 2. The van der Waals surface area contributed by atoms with Crippen LogP contribution in [-0.4, -0.2) is 61.4 Å². The fraction of sp³-hybridized carbons (Fsp3) is 0.857. The minimum atomic E-state index is 0.0934. The maximum Gasteiger partial charge on any atom is 0.242 e. The summed E-state index contributed by atoms with van der Waals surface area (Å²) in [4.78, 5) is 27.4. The Morgan fingerprint density at radius 1 is 1.32 bits per heavy atom. The molecule has 0 radical (unpaired) electrons. The van der Waals surface area contributed by atoms with Crippen LogP contribution in [-0.2, 0) is 9.59 Å². The van der Waals surface area contributed by atoms with E-state index < -0.39 is 0 Å². The number of likely N-dealkylation sites (N-methyl/N-ethyl adjacent to an activating group) is 1. The first-order valence-corrected chi connectivity index (χ1v) is 7.39. The molecular weight excluding hydrogens is 242 g/mol. The standard InChI is InChI=1S/C14H25N3O2/c1-16(11-14(19)17-8-2-3-9-17)13(18)5-4-12-6-7-15-10-12/h12,15H,2-11H2,1H3. The molecule has 2 amide bonds. The average molecular weight is 267 g/mol. The van der Waals surface area contributed by atoms with Crippen LogP contribution in [0.25, 0.3) is 0 Å². The largest absolute Gasteiger partial charge is 0.341 e. The summed E-state index contributed by atoms with van der Waals surface area (Å²) in [7, 11) is 1.74. The van der Waals surface area contributed by atoms with Gasteiger partial charge in [0.25, 0.3) is 0 Å². The Bertz CT molecular complexity index is 321. The van der Waals surface area contributed by atoms with Gasteiger partial charge < -0.3 is 15.1 Å². The van der Waals surface area contributed by atoms with Crippen LogP contribution in [0.5, 0.6) is 0 Å². The quantitative estimate of drug-likeness (QED) is 0.787. The van der Waals surface area contributed by atoms with E-state index in [1.54, 1.807) is 11.9 Å². The minimum Gasteiger partial charge on any atom is -0.341 e. The SMILES string of the molecule is CN(CC(=O)N1CCCC1)C(=O)CCC1CCNC1. The van der Waals surface area contributed by atoms with Crippen LogP contribution in [0.3, 0.4) is 0 Å². The highest BCUT2D eigenvalue weighted by atomic mass is 16.2. The fourth-order valence-electron chi connectivity index (χ4n) is 2.84. The predicted octanol–water partition coefficient (Wildman–Crippen LogP) is 0.457. The van der Waals surface area contributed by atoms with Crippen LogP contribution in [0.15, 0.2) is 0 Å². The van der Waals surface area contributed by atoms with E-state index in [-0.39, 0.29) is 18.4 Å². The summed E-state index contributed by atoms with van der Waals surface area (Å²) in [5, 5.41) is 3.31. The Balaban J connectivity index is 1.67. The molecule has 0 aromatic rings. The highest BCUT2D eigenvalue weighted by Crippen LogP contribution is 2.15. The Labute approximate surface area is 115 Å². The molecule has 5 nitrogen and oxygen atoms in total. The molecule has 2 heterocycles. The molecule has 2 rings (SSSR count). The smallest absolute Gasteiger partial charge is 0.242 e. The molecule has 0 aliphatic carbocycles. The molecule has 1 N–H and O–H groups in total. The van der Waals surface area contributed by atoms with Gasteiger partial charge in [0.2, 0.25) is 11.8 Å². The highest BCUT2D eigenvalue weighted by molar-refractivity contribution is 5.84. The van der Waals surface area contributed by atoms with Crippen LogP contribution in [0.4, 0.5) is 0 Å². The van der Waals surface area contributed by atoms with Gasteiger partial charge >= 0.3 is 0 Å². The molecule has 0 bridgehead atoms. The molecule has 19 heavy (non-hydrogen) atoms. The molecule has 2 aliphatic heterocycles. The summed E-state index contributed by atoms with van der Waals surface area (Å²) in [6, 6.07) is 0. The van der Waals surface area contributed by atoms with Crippen LogP contribution < -0.4 is 5.32 Å². The predicted molar refractivity (Wildman–Crippen MR) is 73.7 cm³/mol. The van der Waals surface area contributed by atoms with Gasteiger partial charge in [-0.15, -0.1) is 0 Å². The molecule has 0 aromatic carbocycles. The number of nitrogens with one attached hydrogen (secondary N) is 1. The van der Waals surface area contributed by atoms with Crippen molar-refractivity contribution in [2.24, 2.45) is 5.92 Å². The molecular formula is C14H25N3O2. The Hall–Kier alpha value is -1.10. The number of hydrogen-bond acceptors (Lipinski definition) is 3. The van der Waals surface area contributed by atoms with E-state index >= 15 is 0 Å². The summed E-state index contributed by atoms with van der Waals surface area (Å²) in [5.74, 6) is 0.821. The summed E-state index contributed by atoms with van der Waals surface area (Å²) >= 11 is 0. The Kier molecular flexibility index (Phi) is 5.19. The number of hydrogen-bond donors (Lipinski definition) is 1. The van der Waals surface area contributed by atoms with Crippen molar-refractivity contribution < 1.29 is 9.59 Å². The molecule has 0 aromatic heterocycles. The first-order valence-electron chi connectivity index (χ1n) is 7.39. The highest BCUT2D eigenvalue weighted by Gasteiger charge is 2.22. The lowest BCUT2D eigenvalue weighted by Gasteiger charge is -2.21.